The number of nitrogens with zero attached hydrogens (tertiary/aromatic N) is 3. The summed E-state index contributed by atoms with van der Waals surface area (Å²) >= 11 is 0. The maximum absolute atomic E-state index is 13.5. The van der Waals surface area contributed by atoms with E-state index in [2.05, 4.69) is 22.0 Å². The van der Waals surface area contributed by atoms with Crippen LogP contribution in [0.1, 0.15) is 55.4 Å². The van der Waals surface area contributed by atoms with E-state index in [0.29, 0.717) is 18.3 Å². The van der Waals surface area contributed by atoms with Crippen molar-refractivity contribution in [1.29, 1.82) is 0 Å². The van der Waals surface area contributed by atoms with Crippen LogP contribution in [-0.2, 0) is 23.2 Å². The van der Waals surface area contributed by atoms with Crippen LogP contribution in [0.2, 0.25) is 0 Å². The molecule has 190 valence electrons. The number of methoxy groups -OCH3 is 1. The SMILES string of the molecule is COc1ccc2c3c1O[C@H]1[C@H]4CC[C@@]5(CCN4C(=O)OCc4cnco4)[C@@H](C2)N(CC2CC2)CC[C@]315. The highest BCUT2D eigenvalue weighted by Crippen LogP contribution is 2.71. The molecular formula is C28H33N3O5. The number of carbonyl (C=O) groups is 1. The van der Waals surface area contributed by atoms with Crippen LogP contribution in [0.25, 0.3) is 0 Å². The maximum atomic E-state index is 13.5. The number of ether oxygens (including phenoxy) is 3. The average Bonchev–Trinajstić information content (AvgIpc) is 3.51. The molecule has 7 aliphatic rings. The molecule has 2 saturated carbocycles. The number of rotatable bonds is 5. The van der Waals surface area contributed by atoms with Crippen molar-refractivity contribution in [3.63, 3.8) is 0 Å². The molecular weight excluding hydrogens is 458 g/mol. The molecule has 3 aliphatic carbocycles. The number of aromatic nitrogens is 1. The lowest BCUT2D eigenvalue weighted by atomic mass is 9.42. The third-order valence-corrected chi connectivity index (χ3v) is 10.5. The van der Waals surface area contributed by atoms with Crippen molar-refractivity contribution >= 4 is 6.09 Å². The third-order valence-electron chi connectivity index (χ3n) is 10.5. The van der Waals surface area contributed by atoms with Crippen molar-refractivity contribution in [3.8, 4) is 11.5 Å². The minimum atomic E-state index is -0.278. The molecule has 1 aromatic heterocycles. The van der Waals surface area contributed by atoms with Crippen LogP contribution in [0.4, 0.5) is 4.79 Å². The van der Waals surface area contributed by atoms with E-state index in [1.54, 1.807) is 13.3 Å². The van der Waals surface area contributed by atoms with Gasteiger partial charge in [-0.25, -0.2) is 9.78 Å². The lowest BCUT2D eigenvalue weighted by molar-refractivity contribution is -0.129. The Morgan fingerprint density at radius 2 is 2.11 bits per heavy atom. The molecule has 5 fully saturated rings. The number of hydrogen-bond acceptors (Lipinski definition) is 7. The van der Waals surface area contributed by atoms with E-state index in [4.69, 9.17) is 18.6 Å². The summed E-state index contributed by atoms with van der Waals surface area (Å²) in [6, 6.07) is 4.85. The molecule has 0 unspecified atom stereocenters. The van der Waals surface area contributed by atoms with Crippen molar-refractivity contribution in [2.45, 2.75) is 75.2 Å². The van der Waals surface area contributed by atoms with E-state index in [-0.39, 0.29) is 35.7 Å². The van der Waals surface area contributed by atoms with Crippen LogP contribution in [0.5, 0.6) is 11.5 Å². The molecule has 4 aliphatic heterocycles. The van der Waals surface area contributed by atoms with E-state index < -0.39 is 0 Å². The number of benzene rings is 1. The number of carbonyl (C=O) groups excluding carboxylic acids is 1. The monoisotopic (exact) mass is 491 g/mol. The second-order valence-corrected chi connectivity index (χ2v) is 11.8. The highest BCUT2D eigenvalue weighted by Gasteiger charge is 2.74. The van der Waals surface area contributed by atoms with E-state index in [0.717, 1.165) is 56.1 Å². The van der Waals surface area contributed by atoms with Gasteiger partial charge in [-0.05, 0) is 69.0 Å². The Morgan fingerprint density at radius 3 is 2.92 bits per heavy atom. The summed E-state index contributed by atoms with van der Waals surface area (Å²) in [5.74, 6) is 3.17. The van der Waals surface area contributed by atoms with Gasteiger partial charge in [-0.1, -0.05) is 6.07 Å². The van der Waals surface area contributed by atoms with Gasteiger partial charge < -0.3 is 23.5 Å². The van der Waals surface area contributed by atoms with Crippen molar-refractivity contribution in [2.75, 3.05) is 26.7 Å². The molecule has 1 aromatic carbocycles. The van der Waals surface area contributed by atoms with Crippen LogP contribution in [0.15, 0.2) is 29.1 Å². The molecule has 5 heterocycles. The molecule has 2 aromatic rings. The van der Waals surface area contributed by atoms with Gasteiger partial charge in [-0.3, -0.25) is 4.90 Å². The topological polar surface area (TPSA) is 77.3 Å². The lowest BCUT2D eigenvalue weighted by Gasteiger charge is -2.65. The van der Waals surface area contributed by atoms with Crippen LogP contribution >= 0.6 is 0 Å². The summed E-state index contributed by atoms with van der Waals surface area (Å²) in [5.41, 5.74) is 2.86. The summed E-state index contributed by atoms with van der Waals surface area (Å²) in [5, 5.41) is 0. The third kappa shape index (κ3) is 2.63. The van der Waals surface area contributed by atoms with Gasteiger partial charge in [-0.2, -0.15) is 0 Å². The minimum Gasteiger partial charge on any atom is -0.493 e. The van der Waals surface area contributed by atoms with Gasteiger partial charge in [0.15, 0.2) is 30.3 Å². The largest absolute Gasteiger partial charge is 0.493 e. The van der Waals surface area contributed by atoms with Crippen molar-refractivity contribution in [3.05, 3.63) is 41.6 Å². The molecule has 4 bridgehead atoms. The molecule has 8 nitrogen and oxygen atoms in total. The fraction of sp³-hybridized carbons (Fsp3) is 0.643. The predicted octanol–water partition coefficient (Wildman–Crippen LogP) is 3.91. The van der Waals surface area contributed by atoms with E-state index in [1.807, 2.05) is 4.90 Å². The lowest BCUT2D eigenvalue weighted by Crippen LogP contribution is -2.72. The van der Waals surface area contributed by atoms with Crippen molar-refractivity contribution in [1.82, 2.24) is 14.8 Å². The molecule has 8 heteroatoms. The second kappa shape index (κ2) is 7.40. The normalized spacial score (nSPS) is 35.7. The zero-order valence-corrected chi connectivity index (χ0v) is 20.8. The van der Waals surface area contributed by atoms with Gasteiger partial charge in [0.05, 0.1) is 19.3 Å². The predicted molar refractivity (Wildman–Crippen MR) is 129 cm³/mol. The summed E-state index contributed by atoms with van der Waals surface area (Å²) in [6.45, 7) is 3.14. The first-order valence-electron chi connectivity index (χ1n) is 13.6. The number of hydrogen-bond donors (Lipinski definition) is 0. The van der Waals surface area contributed by atoms with Crippen LogP contribution in [0.3, 0.4) is 0 Å². The fourth-order valence-corrected chi connectivity index (χ4v) is 8.89. The number of oxazole rings is 1. The van der Waals surface area contributed by atoms with E-state index in [9.17, 15) is 4.79 Å². The van der Waals surface area contributed by atoms with Crippen molar-refractivity contribution in [2.24, 2.45) is 11.3 Å². The maximum Gasteiger partial charge on any atom is 0.410 e. The molecule has 0 N–H and O–H groups in total. The molecule has 2 spiro atoms. The Labute approximate surface area is 210 Å². The van der Waals surface area contributed by atoms with Crippen molar-refractivity contribution < 1.29 is 23.4 Å². The number of piperidine rings is 1. The standard InChI is InChI=1S/C28H33N3O5/c1-33-21-5-4-18-12-22-27-7-6-20(31(11-8-27)26(32)34-15-19-13-29-16-35-19)25-28(27,23(18)24(21)36-25)9-10-30(22)14-17-2-3-17/h4-5,13,16-17,20,22,25H,2-3,6-12,14-15H2,1H3/t20-,22-,25+,27-,28+/m1/s1. The van der Waals surface area contributed by atoms with Gasteiger partial charge in [0.25, 0.3) is 0 Å². The summed E-state index contributed by atoms with van der Waals surface area (Å²) in [7, 11) is 1.73. The number of fused-ring (bicyclic) bond motifs is 3. The van der Waals surface area contributed by atoms with Gasteiger partial charge in [0.2, 0.25) is 0 Å². The molecule has 36 heavy (non-hydrogen) atoms. The second-order valence-electron chi connectivity index (χ2n) is 11.8. The highest BCUT2D eigenvalue weighted by molar-refractivity contribution is 5.70. The minimum absolute atomic E-state index is 0.0125. The first-order chi connectivity index (χ1) is 17.6. The van der Waals surface area contributed by atoms with Crippen LogP contribution in [0, 0.1) is 11.3 Å². The Kier molecular flexibility index (Phi) is 4.39. The number of likely N-dealkylation sites (tertiary alicyclic amines) is 1. The molecule has 0 radical (unpaired) electrons. The van der Waals surface area contributed by atoms with Gasteiger partial charge >= 0.3 is 6.09 Å². The Morgan fingerprint density at radius 1 is 1.19 bits per heavy atom. The first kappa shape index (κ1) is 21.4. The van der Waals surface area contributed by atoms with Gasteiger partial charge in [-0.15, -0.1) is 0 Å². The van der Waals surface area contributed by atoms with E-state index >= 15 is 0 Å². The van der Waals surface area contributed by atoms with Gasteiger partial charge in [0, 0.05) is 35.5 Å². The fourth-order valence-electron chi connectivity index (χ4n) is 8.89. The summed E-state index contributed by atoms with van der Waals surface area (Å²) in [4.78, 5) is 22.2. The zero-order chi connectivity index (χ0) is 24.1. The van der Waals surface area contributed by atoms with Crippen LogP contribution < -0.4 is 9.47 Å². The zero-order valence-electron chi connectivity index (χ0n) is 20.8. The van der Waals surface area contributed by atoms with Gasteiger partial charge in [0.1, 0.15) is 6.10 Å². The Hall–Kier alpha value is -2.74. The molecule has 9 rings (SSSR count). The summed E-state index contributed by atoms with van der Waals surface area (Å²) < 4.78 is 23.8. The first-order valence-corrected chi connectivity index (χ1v) is 13.6. The average molecular weight is 492 g/mol. The molecule has 1 amide bonds. The quantitative estimate of drug-likeness (QED) is 0.628. The van der Waals surface area contributed by atoms with Crippen LogP contribution in [-0.4, -0.2) is 65.8 Å². The summed E-state index contributed by atoms with van der Waals surface area (Å²) in [6.07, 6.45) is 10.6. The number of amides is 1. The smallest absolute Gasteiger partial charge is 0.410 e. The Balaban J connectivity index is 1.22. The Bertz CT molecular complexity index is 1210. The molecule has 3 saturated heterocycles. The highest BCUT2D eigenvalue weighted by atomic mass is 16.6. The van der Waals surface area contributed by atoms with E-state index in [1.165, 1.54) is 36.9 Å². The molecule has 5 atom stereocenters.